The van der Waals surface area contributed by atoms with E-state index < -0.39 is 23.7 Å². The summed E-state index contributed by atoms with van der Waals surface area (Å²) in [6, 6.07) is -0.959. The molecular weight excluding hydrogens is 332 g/mol. The number of carbonyl (C=O) groups is 2. The van der Waals surface area contributed by atoms with Crippen LogP contribution in [0.15, 0.2) is 0 Å². The van der Waals surface area contributed by atoms with Crippen LogP contribution in [-0.4, -0.2) is 52.8 Å². The van der Waals surface area contributed by atoms with Gasteiger partial charge >= 0.3 is 6.09 Å². The minimum Gasteiger partial charge on any atom is -0.446 e. The summed E-state index contributed by atoms with van der Waals surface area (Å²) in [7, 11) is 0. The van der Waals surface area contributed by atoms with E-state index in [4.69, 9.17) is 4.74 Å². The molecule has 26 heavy (non-hydrogen) atoms. The Bertz CT molecular complexity index is 508. The number of aliphatic hydroxyl groups is 1. The Kier molecular flexibility index (Phi) is 7.13. The van der Waals surface area contributed by atoms with Crippen LogP contribution in [0, 0.1) is 16.7 Å². The molecule has 1 rings (SSSR count). The van der Waals surface area contributed by atoms with E-state index in [9.17, 15) is 14.7 Å². The normalized spacial score (nSPS) is 23.5. The van der Waals surface area contributed by atoms with E-state index in [1.165, 1.54) is 0 Å². The monoisotopic (exact) mass is 370 g/mol. The summed E-state index contributed by atoms with van der Waals surface area (Å²) < 4.78 is 5.40. The van der Waals surface area contributed by atoms with E-state index in [0.29, 0.717) is 6.54 Å². The predicted molar refractivity (Wildman–Crippen MR) is 103 cm³/mol. The number of ether oxygens (including phenoxy) is 1. The van der Waals surface area contributed by atoms with Gasteiger partial charge in [0.15, 0.2) is 0 Å². The van der Waals surface area contributed by atoms with Crippen LogP contribution in [0.5, 0.6) is 0 Å². The minimum atomic E-state index is -0.718. The second-order valence-electron chi connectivity index (χ2n) is 9.94. The lowest BCUT2D eigenvalue weighted by Gasteiger charge is -2.36. The Morgan fingerprint density at radius 2 is 1.73 bits per heavy atom. The molecule has 1 heterocycles. The largest absolute Gasteiger partial charge is 0.446 e. The lowest BCUT2D eigenvalue weighted by Crippen LogP contribution is -2.57. The third-order valence-corrected chi connectivity index (χ3v) is 5.21. The van der Waals surface area contributed by atoms with Gasteiger partial charge in [0.25, 0.3) is 0 Å². The molecule has 1 aliphatic heterocycles. The Morgan fingerprint density at radius 1 is 1.19 bits per heavy atom. The zero-order chi connectivity index (χ0) is 20.4. The second-order valence-corrected chi connectivity index (χ2v) is 9.94. The lowest BCUT2D eigenvalue weighted by atomic mass is 9.85. The van der Waals surface area contributed by atoms with Gasteiger partial charge < -0.3 is 20.1 Å². The number of nitrogens with zero attached hydrogens (tertiary/aromatic N) is 1. The minimum absolute atomic E-state index is 0.0631. The molecular formula is C20H38N2O4. The van der Waals surface area contributed by atoms with Crippen molar-refractivity contribution in [3.05, 3.63) is 0 Å². The van der Waals surface area contributed by atoms with Crippen molar-refractivity contribution in [2.75, 3.05) is 6.54 Å². The fourth-order valence-electron chi connectivity index (χ4n) is 3.26. The van der Waals surface area contributed by atoms with Crippen LogP contribution in [0.4, 0.5) is 4.79 Å². The second kappa shape index (κ2) is 8.15. The van der Waals surface area contributed by atoms with Gasteiger partial charge in [-0.2, -0.15) is 0 Å². The summed E-state index contributed by atoms with van der Waals surface area (Å²) in [6.45, 7) is 18.0. The van der Waals surface area contributed by atoms with Crippen LogP contribution in [0.2, 0.25) is 0 Å². The summed E-state index contributed by atoms with van der Waals surface area (Å²) in [5, 5.41) is 12.9. The van der Waals surface area contributed by atoms with Crippen LogP contribution < -0.4 is 5.32 Å². The number of rotatable bonds is 5. The number of alkyl carbamates (subject to hydrolysis) is 1. The SMILES string of the molecule is CC(C)C(C)OC(=O)N[C@H](C(=O)N1CC(C)(C)C[C@H]1C(C)O)C(C)(C)C. The maximum absolute atomic E-state index is 13.3. The highest BCUT2D eigenvalue weighted by molar-refractivity contribution is 5.87. The van der Waals surface area contributed by atoms with Crippen molar-refractivity contribution >= 4 is 12.0 Å². The molecule has 1 saturated heterocycles. The van der Waals surface area contributed by atoms with Gasteiger partial charge in [-0.15, -0.1) is 0 Å². The molecule has 0 saturated carbocycles. The molecule has 0 bridgehead atoms. The summed E-state index contributed by atoms with van der Waals surface area (Å²) in [5.41, 5.74) is -0.542. The van der Waals surface area contributed by atoms with Crippen molar-refractivity contribution in [2.24, 2.45) is 16.7 Å². The van der Waals surface area contributed by atoms with Gasteiger partial charge in [0.2, 0.25) is 5.91 Å². The molecule has 1 fully saturated rings. The molecule has 0 radical (unpaired) electrons. The maximum Gasteiger partial charge on any atom is 0.408 e. The molecule has 0 aromatic heterocycles. The number of amides is 2. The molecule has 152 valence electrons. The molecule has 0 aliphatic carbocycles. The number of hydrogen-bond donors (Lipinski definition) is 2. The van der Waals surface area contributed by atoms with Crippen LogP contribution >= 0.6 is 0 Å². The molecule has 1 aliphatic rings. The van der Waals surface area contributed by atoms with Crippen molar-refractivity contribution in [1.82, 2.24) is 10.2 Å². The van der Waals surface area contributed by atoms with E-state index in [1.807, 2.05) is 41.5 Å². The molecule has 2 unspecified atom stereocenters. The first-order valence-corrected chi connectivity index (χ1v) is 9.61. The fraction of sp³-hybridized carbons (Fsp3) is 0.900. The first-order chi connectivity index (χ1) is 11.7. The molecule has 4 atom stereocenters. The average molecular weight is 371 g/mol. The van der Waals surface area contributed by atoms with Gasteiger partial charge in [-0.05, 0) is 37.0 Å². The van der Waals surface area contributed by atoms with Crippen molar-refractivity contribution in [2.45, 2.75) is 93.0 Å². The molecule has 0 aromatic carbocycles. The number of hydrogen-bond acceptors (Lipinski definition) is 4. The van der Waals surface area contributed by atoms with E-state index in [-0.39, 0.29) is 29.4 Å². The van der Waals surface area contributed by atoms with Gasteiger partial charge in [-0.3, -0.25) is 4.79 Å². The number of nitrogens with one attached hydrogen (secondary N) is 1. The van der Waals surface area contributed by atoms with Crippen molar-refractivity contribution in [3.63, 3.8) is 0 Å². The molecule has 2 amide bonds. The smallest absolute Gasteiger partial charge is 0.408 e. The molecule has 6 heteroatoms. The Balaban J connectivity index is 2.99. The van der Waals surface area contributed by atoms with Crippen molar-refractivity contribution in [1.29, 1.82) is 0 Å². The quantitative estimate of drug-likeness (QED) is 0.779. The van der Waals surface area contributed by atoms with Crippen molar-refractivity contribution in [3.8, 4) is 0 Å². The highest BCUT2D eigenvalue weighted by Crippen LogP contribution is 2.37. The van der Waals surface area contributed by atoms with Gasteiger partial charge in [0, 0.05) is 6.54 Å². The zero-order valence-corrected chi connectivity index (χ0v) is 17.9. The van der Waals surface area contributed by atoms with E-state index in [1.54, 1.807) is 11.8 Å². The van der Waals surface area contributed by atoms with Gasteiger partial charge in [-0.1, -0.05) is 48.5 Å². The highest BCUT2D eigenvalue weighted by Gasteiger charge is 2.46. The van der Waals surface area contributed by atoms with E-state index in [2.05, 4.69) is 19.2 Å². The van der Waals surface area contributed by atoms with Crippen LogP contribution in [0.3, 0.4) is 0 Å². The fourth-order valence-corrected chi connectivity index (χ4v) is 3.26. The molecule has 0 spiro atoms. The topological polar surface area (TPSA) is 78.9 Å². The van der Waals surface area contributed by atoms with Crippen LogP contribution in [0.25, 0.3) is 0 Å². The third kappa shape index (κ3) is 5.86. The van der Waals surface area contributed by atoms with Gasteiger partial charge in [-0.25, -0.2) is 4.79 Å². The number of carbonyl (C=O) groups excluding carboxylic acids is 2. The first-order valence-electron chi connectivity index (χ1n) is 9.61. The van der Waals surface area contributed by atoms with Crippen molar-refractivity contribution < 1.29 is 19.4 Å². The third-order valence-electron chi connectivity index (χ3n) is 5.21. The van der Waals surface area contributed by atoms with Gasteiger partial charge in [0.05, 0.1) is 12.1 Å². The molecule has 0 aromatic rings. The Labute approximate surface area is 158 Å². The predicted octanol–water partition coefficient (Wildman–Crippen LogP) is 3.18. The van der Waals surface area contributed by atoms with Crippen LogP contribution in [-0.2, 0) is 9.53 Å². The first kappa shape index (κ1) is 22.7. The molecule has 6 nitrogen and oxygen atoms in total. The summed E-state index contributed by atoms with van der Waals surface area (Å²) >= 11 is 0. The highest BCUT2D eigenvalue weighted by atomic mass is 16.6. The summed E-state index contributed by atoms with van der Waals surface area (Å²) in [5.74, 6) is 0.0339. The van der Waals surface area contributed by atoms with E-state index in [0.717, 1.165) is 6.42 Å². The summed E-state index contributed by atoms with van der Waals surface area (Å²) in [6.07, 6.45) is -0.690. The van der Waals surface area contributed by atoms with E-state index >= 15 is 0 Å². The summed E-state index contributed by atoms with van der Waals surface area (Å²) in [4.78, 5) is 27.3. The zero-order valence-electron chi connectivity index (χ0n) is 17.9. The Hall–Kier alpha value is -1.30. The maximum atomic E-state index is 13.3. The van der Waals surface area contributed by atoms with Gasteiger partial charge in [0.1, 0.15) is 12.1 Å². The average Bonchev–Trinajstić information content (AvgIpc) is 2.79. The Morgan fingerprint density at radius 3 is 2.15 bits per heavy atom. The number of likely N-dealkylation sites (tertiary alicyclic amines) is 1. The molecule has 2 N–H and O–H groups in total. The van der Waals surface area contributed by atoms with Crippen LogP contribution in [0.1, 0.15) is 68.7 Å². The lowest BCUT2D eigenvalue weighted by molar-refractivity contribution is -0.139. The number of aliphatic hydroxyl groups excluding tert-OH is 1. The standard InChI is InChI=1S/C20H38N2O4/c1-12(2)14(4)26-18(25)21-16(19(5,6)7)17(24)22-11-20(8,9)10-15(22)13(3)23/h12-16,23H,10-11H2,1-9H3,(H,21,25)/t13?,14?,15-,16+/m0/s1.